The number of hydrogen-bond donors (Lipinski definition) is 1. The maximum Gasteiger partial charge on any atom is 0.261 e. The molecular weight excluding hydrogens is 366 g/mol. The van der Waals surface area contributed by atoms with Gasteiger partial charge < -0.3 is 14.4 Å². The van der Waals surface area contributed by atoms with Crippen molar-refractivity contribution in [3.8, 4) is 5.75 Å². The highest BCUT2D eigenvalue weighted by Gasteiger charge is 2.13. The summed E-state index contributed by atoms with van der Waals surface area (Å²) in [4.78, 5) is 2.24. The lowest BCUT2D eigenvalue weighted by atomic mass is 10.0. The SMILES string of the molecule is COc1cccc(COCCC(c2ccccc2)N(C)C)c1.CS(=O)(=O)O. The molecular formula is C20H29NO5S. The van der Waals surface area contributed by atoms with Crippen molar-refractivity contribution in [2.45, 2.75) is 19.1 Å². The number of nitrogens with zero attached hydrogens (tertiary/aromatic N) is 1. The van der Waals surface area contributed by atoms with Gasteiger partial charge in [-0.05, 0) is 43.8 Å². The maximum absolute atomic E-state index is 9.19. The molecule has 2 aromatic carbocycles. The predicted octanol–water partition coefficient (Wildman–Crippen LogP) is 3.41. The minimum Gasteiger partial charge on any atom is -0.497 e. The molecule has 0 aromatic heterocycles. The quantitative estimate of drug-likeness (QED) is 0.545. The maximum atomic E-state index is 9.19. The molecule has 7 heteroatoms. The molecule has 0 spiro atoms. The van der Waals surface area contributed by atoms with Crippen LogP contribution in [-0.2, 0) is 21.5 Å². The van der Waals surface area contributed by atoms with Crippen molar-refractivity contribution >= 4 is 10.1 Å². The van der Waals surface area contributed by atoms with Crippen LogP contribution in [0.15, 0.2) is 54.6 Å². The fraction of sp³-hybridized carbons (Fsp3) is 0.400. The van der Waals surface area contributed by atoms with Gasteiger partial charge >= 0.3 is 0 Å². The van der Waals surface area contributed by atoms with Gasteiger partial charge in [-0.1, -0.05) is 42.5 Å². The van der Waals surface area contributed by atoms with Crippen molar-refractivity contribution in [2.75, 3.05) is 34.1 Å². The molecule has 0 fully saturated rings. The number of hydrogen-bond acceptors (Lipinski definition) is 5. The third-order valence-corrected chi connectivity index (χ3v) is 3.75. The van der Waals surface area contributed by atoms with Crippen molar-refractivity contribution in [3.05, 3.63) is 65.7 Å². The number of methoxy groups -OCH3 is 1. The van der Waals surface area contributed by atoms with Crippen LogP contribution in [0.2, 0.25) is 0 Å². The lowest BCUT2D eigenvalue weighted by Crippen LogP contribution is -2.21. The van der Waals surface area contributed by atoms with E-state index in [-0.39, 0.29) is 0 Å². The molecule has 6 nitrogen and oxygen atoms in total. The van der Waals surface area contributed by atoms with Gasteiger partial charge in [0, 0.05) is 12.6 Å². The third kappa shape index (κ3) is 10.7. The molecule has 1 unspecified atom stereocenters. The standard InChI is InChI=1S/C19H25NO2.CH4O3S/c1-20(2)19(17-9-5-4-6-10-17)12-13-22-15-16-8-7-11-18(14-16)21-3;1-5(2,3)4/h4-11,14,19H,12-13,15H2,1-3H3;1H3,(H,2,3,4). The summed E-state index contributed by atoms with van der Waals surface area (Å²) in [6.07, 6.45) is 1.69. The highest BCUT2D eigenvalue weighted by molar-refractivity contribution is 7.85. The molecule has 0 amide bonds. The van der Waals surface area contributed by atoms with Crippen LogP contribution >= 0.6 is 0 Å². The van der Waals surface area contributed by atoms with Crippen LogP contribution in [0.5, 0.6) is 5.75 Å². The Kier molecular flexibility index (Phi) is 10.0. The second kappa shape index (κ2) is 11.7. The summed E-state index contributed by atoms with van der Waals surface area (Å²) >= 11 is 0. The summed E-state index contributed by atoms with van der Waals surface area (Å²) in [6.45, 7) is 1.35. The molecule has 0 saturated heterocycles. The summed E-state index contributed by atoms with van der Waals surface area (Å²) in [5, 5.41) is 0. The minimum atomic E-state index is -3.67. The van der Waals surface area contributed by atoms with Gasteiger partial charge in [-0.3, -0.25) is 4.55 Å². The average molecular weight is 396 g/mol. The van der Waals surface area contributed by atoms with Gasteiger partial charge in [0.2, 0.25) is 0 Å². The lowest BCUT2D eigenvalue weighted by Gasteiger charge is -2.24. The molecule has 150 valence electrons. The Labute approximate surface area is 162 Å². The van der Waals surface area contributed by atoms with E-state index in [1.165, 1.54) is 5.56 Å². The molecule has 1 atom stereocenters. The molecule has 2 aromatic rings. The van der Waals surface area contributed by atoms with Crippen LogP contribution in [-0.4, -0.2) is 51.9 Å². The summed E-state index contributed by atoms with van der Waals surface area (Å²) in [6, 6.07) is 19.0. The first-order valence-corrected chi connectivity index (χ1v) is 10.4. The van der Waals surface area contributed by atoms with E-state index in [4.69, 9.17) is 14.0 Å². The minimum absolute atomic E-state index is 0.381. The highest BCUT2D eigenvalue weighted by atomic mass is 32.2. The molecule has 27 heavy (non-hydrogen) atoms. The number of ether oxygens (including phenoxy) is 2. The van der Waals surface area contributed by atoms with Gasteiger partial charge in [0.05, 0.1) is 20.0 Å². The van der Waals surface area contributed by atoms with Crippen molar-refractivity contribution in [3.63, 3.8) is 0 Å². The van der Waals surface area contributed by atoms with E-state index < -0.39 is 10.1 Å². The molecule has 2 rings (SSSR count). The summed E-state index contributed by atoms with van der Waals surface area (Å²) in [5.41, 5.74) is 2.47. The average Bonchev–Trinajstić information content (AvgIpc) is 2.61. The predicted molar refractivity (Wildman–Crippen MR) is 108 cm³/mol. The number of rotatable bonds is 8. The van der Waals surface area contributed by atoms with Gasteiger partial charge in [0.25, 0.3) is 10.1 Å². The van der Waals surface area contributed by atoms with Gasteiger partial charge in [-0.15, -0.1) is 0 Å². The Hall–Kier alpha value is -1.93. The van der Waals surface area contributed by atoms with Crippen LogP contribution in [0.4, 0.5) is 0 Å². The Bertz CT molecular complexity index is 755. The summed E-state index contributed by atoms with van der Waals surface area (Å²) in [7, 11) is 2.24. The molecule has 0 aliphatic rings. The topological polar surface area (TPSA) is 76.1 Å². The highest BCUT2D eigenvalue weighted by Crippen LogP contribution is 2.22. The van der Waals surface area contributed by atoms with Crippen LogP contribution < -0.4 is 4.74 Å². The molecule has 0 heterocycles. The van der Waals surface area contributed by atoms with Gasteiger partial charge in [-0.2, -0.15) is 8.42 Å². The Balaban J connectivity index is 0.000000646. The fourth-order valence-corrected chi connectivity index (χ4v) is 2.55. The second-order valence-corrected chi connectivity index (χ2v) is 7.78. The normalized spacial score (nSPS) is 12.2. The van der Waals surface area contributed by atoms with Gasteiger partial charge in [-0.25, -0.2) is 0 Å². The van der Waals surface area contributed by atoms with Crippen molar-refractivity contribution in [1.82, 2.24) is 4.90 Å². The first kappa shape index (κ1) is 23.1. The molecule has 0 bridgehead atoms. The molecule has 0 radical (unpaired) electrons. The monoisotopic (exact) mass is 395 g/mol. The van der Waals surface area contributed by atoms with E-state index in [0.717, 1.165) is 24.3 Å². The van der Waals surface area contributed by atoms with Crippen molar-refractivity contribution in [2.24, 2.45) is 0 Å². The first-order chi connectivity index (χ1) is 12.7. The molecule has 1 N–H and O–H groups in total. The van der Waals surface area contributed by atoms with Crippen molar-refractivity contribution < 1.29 is 22.4 Å². The smallest absolute Gasteiger partial charge is 0.261 e. The first-order valence-electron chi connectivity index (χ1n) is 8.55. The van der Waals surface area contributed by atoms with E-state index in [2.05, 4.69) is 55.4 Å². The van der Waals surface area contributed by atoms with Crippen molar-refractivity contribution in [1.29, 1.82) is 0 Å². The van der Waals surface area contributed by atoms with E-state index in [1.54, 1.807) is 7.11 Å². The molecule has 0 aliphatic carbocycles. The van der Waals surface area contributed by atoms with E-state index >= 15 is 0 Å². The van der Waals surface area contributed by atoms with Crippen LogP contribution in [0, 0.1) is 0 Å². The fourth-order valence-electron chi connectivity index (χ4n) is 2.55. The summed E-state index contributed by atoms with van der Waals surface area (Å²) < 4.78 is 36.9. The zero-order valence-corrected chi connectivity index (χ0v) is 17.1. The van der Waals surface area contributed by atoms with Crippen LogP contribution in [0.25, 0.3) is 0 Å². The Morgan fingerprint density at radius 1 is 1.07 bits per heavy atom. The Morgan fingerprint density at radius 3 is 2.26 bits per heavy atom. The second-order valence-electron chi connectivity index (χ2n) is 6.32. The van der Waals surface area contributed by atoms with Crippen LogP contribution in [0.1, 0.15) is 23.6 Å². The van der Waals surface area contributed by atoms with E-state index in [0.29, 0.717) is 18.9 Å². The number of benzene rings is 2. The zero-order valence-electron chi connectivity index (χ0n) is 16.3. The zero-order chi connectivity index (χ0) is 20.3. The van der Waals surface area contributed by atoms with Gasteiger partial charge in [0.15, 0.2) is 0 Å². The molecule has 0 saturated carbocycles. The third-order valence-electron chi connectivity index (χ3n) is 3.75. The van der Waals surface area contributed by atoms with Gasteiger partial charge in [0.1, 0.15) is 5.75 Å². The lowest BCUT2D eigenvalue weighted by molar-refractivity contribution is 0.0984. The van der Waals surface area contributed by atoms with Crippen LogP contribution in [0.3, 0.4) is 0 Å². The van der Waals surface area contributed by atoms with E-state index in [1.807, 2.05) is 18.2 Å². The van der Waals surface area contributed by atoms with E-state index in [9.17, 15) is 8.42 Å². The molecule has 0 aliphatic heterocycles. The largest absolute Gasteiger partial charge is 0.497 e. The Morgan fingerprint density at radius 2 is 1.70 bits per heavy atom. The summed E-state index contributed by atoms with van der Waals surface area (Å²) in [5.74, 6) is 0.872.